The molecule has 0 saturated heterocycles. The van der Waals surface area contributed by atoms with E-state index in [0.29, 0.717) is 0 Å². The average Bonchev–Trinajstić information content (AvgIpc) is 2.33. The predicted molar refractivity (Wildman–Crippen MR) is 61.2 cm³/mol. The first-order valence-electron chi connectivity index (χ1n) is 4.11. The molecule has 1 aromatic heterocycles. The van der Waals surface area contributed by atoms with Crippen LogP contribution in [0.25, 0.3) is 0 Å². The van der Waals surface area contributed by atoms with Crippen LogP contribution in [0.5, 0.6) is 0 Å². The van der Waals surface area contributed by atoms with E-state index in [-0.39, 0.29) is 5.54 Å². The summed E-state index contributed by atoms with van der Waals surface area (Å²) in [6, 6.07) is 0. The van der Waals surface area contributed by atoms with E-state index in [9.17, 15) is 0 Å². The summed E-state index contributed by atoms with van der Waals surface area (Å²) < 4.78 is 0.881. The Morgan fingerprint density at radius 1 is 1.69 bits per heavy atom. The van der Waals surface area contributed by atoms with E-state index in [2.05, 4.69) is 26.2 Å². The fraction of sp³-hybridized carbons (Fsp3) is 0.625. The van der Waals surface area contributed by atoms with E-state index < -0.39 is 0 Å². The molecule has 0 saturated carbocycles. The molecule has 0 fully saturated rings. The maximum Gasteiger partial charge on any atom is 0.183 e. The van der Waals surface area contributed by atoms with Gasteiger partial charge in [-0.2, -0.15) is 0 Å². The topological polar surface area (TPSA) is 50.9 Å². The zero-order valence-corrected chi connectivity index (χ0v) is 10.2. The highest BCUT2D eigenvalue weighted by Gasteiger charge is 2.09. The van der Waals surface area contributed by atoms with Crippen LogP contribution in [0.1, 0.15) is 20.3 Å². The molecule has 0 aromatic carbocycles. The number of hydrogen-bond acceptors (Lipinski definition) is 4. The number of halogens is 1. The van der Waals surface area contributed by atoms with Crippen molar-refractivity contribution in [2.45, 2.75) is 25.8 Å². The molecule has 0 radical (unpaired) electrons. The molecule has 0 bridgehead atoms. The lowest BCUT2D eigenvalue weighted by atomic mass is 10.0. The largest absolute Gasteiger partial charge is 0.361 e. The molecular weight excluding hydrogens is 250 g/mol. The van der Waals surface area contributed by atoms with E-state index >= 15 is 0 Å². The van der Waals surface area contributed by atoms with Gasteiger partial charge in [-0.05, 0) is 36.2 Å². The molecule has 0 aliphatic heterocycles. The standard InChI is InChI=1S/C8H14BrN3S/c1-8(2,10)3-4-11-7-12-6(9)5-13-7/h5H,3-4,10H2,1-2H3,(H,11,12). The van der Waals surface area contributed by atoms with Gasteiger partial charge in [0.15, 0.2) is 5.13 Å². The monoisotopic (exact) mass is 263 g/mol. The van der Waals surface area contributed by atoms with Crippen molar-refractivity contribution < 1.29 is 0 Å². The summed E-state index contributed by atoms with van der Waals surface area (Å²) in [6.45, 7) is 4.91. The summed E-state index contributed by atoms with van der Waals surface area (Å²) in [5.41, 5.74) is 5.73. The first kappa shape index (κ1) is 10.9. The van der Waals surface area contributed by atoms with Crippen molar-refractivity contribution in [2.75, 3.05) is 11.9 Å². The van der Waals surface area contributed by atoms with Crippen molar-refractivity contribution in [3.8, 4) is 0 Å². The van der Waals surface area contributed by atoms with Crippen LogP contribution >= 0.6 is 27.3 Å². The van der Waals surface area contributed by atoms with Gasteiger partial charge in [0.1, 0.15) is 4.60 Å². The Balaban J connectivity index is 2.28. The lowest BCUT2D eigenvalue weighted by molar-refractivity contribution is 0.491. The second-order valence-electron chi connectivity index (χ2n) is 3.64. The molecule has 0 spiro atoms. The molecule has 0 unspecified atom stereocenters. The third kappa shape index (κ3) is 4.59. The fourth-order valence-corrected chi connectivity index (χ4v) is 2.00. The molecule has 1 heterocycles. The van der Waals surface area contributed by atoms with E-state index in [1.165, 1.54) is 0 Å². The number of nitrogens with zero attached hydrogens (tertiary/aromatic N) is 1. The van der Waals surface area contributed by atoms with Gasteiger partial charge in [-0.25, -0.2) is 4.98 Å². The van der Waals surface area contributed by atoms with E-state index in [4.69, 9.17) is 5.73 Å². The predicted octanol–water partition coefficient (Wildman–Crippen LogP) is 2.44. The Hall–Kier alpha value is -0.130. The molecule has 0 aliphatic rings. The highest BCUT2D eigenvalue weighted by molar-refractivity contribution is 9.10. The van der Waals surface area contributed by atoms with Crippen molar-refractivity contribution in [3.63, 3.8) is 0 Å². The van der Waals surface area contributed by atoms with Gasteiger partial charge < -0.3 is 11.1 Å². The summed E-state index contributed by atoms with van der Waals surface area (Å²) in [5.74, 6) is 0. The van der Waals surface area contributed by atoms with Gasteiger partial charge in [-0.15, -0.1) is 11.3 Å². The van der Waals surface area contributed by atoms with Crippen molar-refractivity contribution >= 4 is 32.4 Å². The van der Waals surface area contributed by atoms with E-state index in [1.54, 1.807) is 11.3 Å². The summed E-state index contributed by atoms with van der Waals surface area (Å²) in [4.78, 5) is 4.21. The zero-order valence-electron chi connectivity index (χ0n) is 7.80. The fourth-order valence-electron chi connectivity index (χ4n) is 0.827. The summed E-state index contributed by atoms with van der Waals surface area (Å²) in [7, 11) is 0. The number of nitrogens with one attached hydrogen (secondary N) is 1. The van der Waals surface area contributed by atoms with Crippen molar-refractivity contribution in [3.05, 3.63) is 9.98 Å². The third-order valence-electron chi connectivity index (χ3n) is 1.52. The molecule has 1 rings (SSSR count). The third-order valence-corrected chi connectivity index (χ3v) is 3.03. The minimum Gasteiger partial charge on any atom is -0.361 e. The number of thiazole rings is 1. The minimum atomic E-state index is -0.110. The van der Waals surface area contributed by atoms with Gasteiger partial charge in [-0.1, -0.05) is 0 Å². The maximum atomic E-state index is 5.84. The van der Waals surface area contributed by atoms with Crippen LogP contribution < -0.4 is 11.1 Å². The van der Waals surface area contributed by atoms with Crippen LogP contribution in [0.15, 0.2) is 9.98 Å². The Kier molecular flexibility index (Phi) is 3.70. The van der Waals surface area contributed by atoms with Gasteiger partial charge in [0, 0.05) is 17.5 Å². The van der Waals surface area contributed by atoms with Crippen LogP contribution in [-0.2, 0) is 0 Å². The quantitative estimate of drug-likeness (QED) is 0.878. The summed E-state index contributed by atoms with van der Waals surface area (Å²) in [6.07, 6.45) is 0.935. The average molecular weight is 264 g/mol. The molecule has 0 aliphatic carbocycles. The molecule has 1 aromatic rings. The molecule has 3 N–H and O–H groups in total. The Labute approximate surface area is 90.9 Å². The van der Waals surface area contributed by atoms with Gasteiger partial charge in [0.05, 0.1) is 0 Å². The molecule has 3 nitrogen and oxygen atoms in total. The van der Waals surface area contributed by atoms with Crippen LogP contribution in [-0.4, -0.2) is 17.1 Å². The van der Waals surface area contributed by atoms with E-state index in [0.717, 1.165) is 22.7 Å². The second kappa shape index (κ2) is 4.39. The van der Waals surface area contributed by atoms with Crippen molar-refractivity contribution in [2.24, 2.45) is 5.73 Å². The summed E-state index contributed by atoms with van der Waals surface area (Å²) in [5, 5.41) is 6.11. The maximum absolute atomic E-state index is 5.84. The molecule has 0 amide bonds. The van der Waals surface area contributed by atoms with Crippen LogP contribution in [0.2, 0.25) is 0 Å². The van der Waals surface area contributed by atoms with Gasteiger partial charge in [-0.3, -0.25) is 0 Å². The minimum absolute atomic E-state index is 0.110. The number of aromatic nitrogens is 1. The number of rotatable bonds is 4. The lowest BCUT2D eigenvalue weighted by Gasteiger charge is -2.17. The molecule has 0 atom stereocenters. The normalized spacial score (nSPS) is 11.7. The molecule has 5 heteroatoms. The lowest BCUT2D eigenvalue weighted by Crippen LogP contribution is -2.34. The van der Waals surface area contributed by atoms with Crippen molar-refractivity contribution in [1.82, 2.24) is 4.98 Å². The first-order chi connectivity index (χ1) is 5.97. The van der Waals surface area contributed by atoms with Crippen LogP contribution in [0.4, 0.5) is 5.13 Å². The molecule has 13 heavy (non-hydrogen) atoms. The Morgan fingerprint density at radius 2 is 2.38 bits per heavy atom. The first-order valence-corrected chi connectivity index (χ1v) is 5.78. The SMILES string of the molecule is CC(C)(N)CCNc1nc(Br)cs1. The van der Waals surface area contributed by atoms with Gasteiger partial charge in [0.2, 0.25) is 0 Å². The zero-order chi connectivity index (χ0) is 9.90. The number of anilines is 1. The number of nitrogens with two attached hydrogens (primary N) is 1. The van der Waals surface area contributed by atoms with Gasteiger partial charge >= 0.3 is 0 Å². The van der Waals surface area contributed by atoms with Gasteiger partial charge in [0.25, 0.3) is 0 Å². The Bertz CT molecular complexity index is 267. The van der Waals surface area contributed by atoms with Crippen LogP contribution in [0.3, 0.4) is 0 Å². The molecule has 74 valence electrons. The van der Waals surface area contributed by atoms with Crippen molar-refractivity contribution in [1.29, 1.82) is 0 Å². The second-order valence-corrected chi connectivity index (χ2v) is 5.31. The number of hydrogen-bond donors (Lipinski definition) is 2. The highest BCUT2D eigenvalue weighted by atomic mass is 79.9. The smallest absolute Gasteiger partial charge is 0.183 e. The Morgan fingerprint density at radius 3 is 2.85 bits per heavy atom. The summed E-state index contributed by atoms with van der Waals surface area (Å²) >= 11 is 4.89. The van der Waals surface area contributed by atoms with E-state index in [1.807, 2.05) is 19.2 Å². The molecular formula is C8H14BrN3S. The van der Waals surface area contributed by atoms with Crippen LogP contribution in [0, 0.1) is 0 Å². The highest BCUT2D eigenvalue weighted by Crippen LogP contribution is 2.19.